The van der Waals surface area contributed by atoms with Crippen LogP contribution in [0.15, 0.2) is 34.8 Å². The van der Waals surface area contributed by atoms with Gasteiger partial charge >= 0.3 is 7.60 Å². The molecule has 0 bridgehead atoms. The van der Waals surface area contributed by atoms with E-state index in [9.17, 15) is 4.57 Å². The second kappa shape index (κ2) is 4.97. The van der Waals surface area contributed by atoms with Crippen molar-refractivity contribution in [1.82, 2.24) is 0 Å². The summed E-state index contributed by atoms with van der Waals surface area (Å²) in [5.74, 6) is 0. The molecule has 0 heterocycles. The minimum atomic E-state index is -4.00. The standard InChI is InChI=1S/C11H9BrIO3P/c12-11-9-3-1-7(6-17(14,15)16)5-8(9)2-4-10(11)13/h1-5H,6H2,(H2,14,15,16). The zero-order chi connectivity index (χ0) is 12.6. The Morgan fingerprint density at radius 3 is 2.59 bits per heavy atom. The van der Waals surface area contributed by atoms with Gasteiger partial charge in [-0.05, 0) is 60.9 Å². The number of rotatable bonds is 2. The van der Waals surface area contributed by atoms with Crippen LogP contribution in [-0.4, -0.2) is 9.79 Å². The van der Waals surface area contributed by atoms with Crippen LogP contribution in [0.25, 0.3) is 10.8 Å². The van der Waals surface area contributed by atoms with Gasteiger partial charge in [-0.1, -0.05) is 24.3 Å². The second-order valence-corrected chi connectivity index (χ2v) is 7.34. The van der Waals surface area contributed by atoms with Crippen molar-refractivity contribution < 1.29 is 14.4 Å². The van der Waals surface area contributed by atoms with Gasteiger partial charge in [0.15, 0.2) is 0 Å². The molecule has 90 valence electrons. The average molecular weight is 427 g/mol. The minimum Gasteiger partial charge on any atom is -0.324 e. The molecule has 0 aromatic heterocycles. The SMILES string of the molecule is O=P(O)(O)Cc1ccc2c(Br)c(I)ccc2c1. The molecule has 2 rings (SSSR count). The molecule has 0 fully saturated rings. The van der Waals surface area contributed by atoms with Gasteiger partial charge in [0.1, 0.15) is 0 Å². The Hall–Kier alpha value is 0.0600. The monoisotopic (exact) mass is 426 g/mol. The number of halogens is 2. The molecule has 0 aliphatic carbocycles. The van der Waals surface area contributed by atoms with Crippen molar-refractivity contribution in [3.63, 3.8) is 0 Å². The van der Waals surface area contributed by atoms with E-state index >= 15 is 0 Å². The first-order chi connectivity index (χ1) is 7.87. The molecule has 6 heteroatoms. The molecule has 0 spiro atoms. The lowest BCUT2D eigenvalue weighted by atomic mass is 10.1. The Morgan fingerprint density at radius 2 is 1.94 bits per heavy atom. The van der Waals surface area contributed by atoms with Crippen molar-refractivity contribution in [1.29, 1.82) is 0 Å². The third-order valence-corrected chi connectivity index (χ3v) is 5.63. The first-order valence-electron chi connectivity index (χ1n) is 4.78. The molecule has 0 unspecified atom stereocenters. The third-order valence-electron chi connectivity index (χ3n) is 2.36. The fourth-order valence-corrected chi connectivity index (χ4v) is 3.29. The summed E-state index contributed by atoms with van der Waals surface area (Å²) in [4.78, 5) is 17.9. The van der Waals surface area contributed by atoms with E-state index in [1.807, 2.05) is 24.3 Å². The van der Waals surface area contributed by atoms with Gasteiger partial charge in [-0.25, -0.2) is 0 Å². The van der Waals surface area contributed by atoms with Crippen LogP contribution >= 0.6 is 46.1 Å². The van der Waals surface area contributed by atoms with Crippen LogP contribution in [0.1, 0.15) is 5.56 Å². The van der Waals surface area contributed by atoms with Crippen molar-refractivity contribution in [2.24, 2.45) is 0 Å². The van der Waals surface area contributed by atoms with Crippen LogP contribution in [0.3, 0.4) is 0 Å². The van der Waals surface area contributed by atoms with Crippen LogP contribution < -0.4 is 0 Å². The molecule has 3 nitrogen and oxygen atoms in total. The maximum atomic E-state index is 10.9. The van der Waals surface area contributed by atoms with E-state index in [0.29, 0.717) is 5.56 Å². The van der Waals surface area contributed by atoms with E-state index in [0.717, 1.165) is 18.8 Å². The molecule has 2 aromatic carbocycles. The summed E-state index contributed by atoms with van der Waals surface area (Å²) < 4.78 is 13.1. The van der Waals surface area contributed by atoms with E-state index in [2.05, 4.69) is 38.5 Å². The van der Waals surface area contributed by atoms with E-state index in [-0.39, 0.29) is 6.16 Å². The highest BCUT2D eigenvalue weighted by atomic mass is 127. The molecule has 0 radical (unpaired) electrons. The number of hydrogen-bond acceptors (Lipinski definition) is 1. The Balaban J connectivity index is 2.53. The van der Waals surface area contributed by atoms with Crippen LogP contribution in [-0.2, 0) is 10.7 Å². The summed E-state index contributed by atoms with van der Waals surface area (Å²) in [6, 6.07) is 9.36. The predicted molar refractivity (Wildman–Crippen MR) is 80.1 cm³/mol. The van der Waals surface area contributed by atoms with Crippen LogP contribution in [0.2, 0.25) is 0 Å². The topological polar surface area (TPSA) is 57.5 Å². The zero-order valence-electron chi connectivity index (χ0n) is 8.60. The molecule has 0 aliphatic rings. The molecule has 0 saturated carbocycles. The highest BCUT2D eigenvalue weighted by Crippen LogP contribution is 2.40. The van der Waals surface area contributed by atoms with Gasteiger partial charge in [0.25, 0.3) is 0 Å². The summed E-state index contributed by atoms with van der Waals surface area (Å²) in [5, 5.41) is 2.02. The summed E-state index contributed by atoms with van der Waals surface area (Å²) in [7, 11) is -4.00. The quantitative estimate of drug-likeness (QED) is 0.566. The summed E-state index contributed by atoms with van der Waals surface area (Å²) in [6.07, 6.45) is -0.216. The Kier molecular flexibility index (Phi) is 3.95. The lowest BCUT2D eigenvalue weighted by Gasteiger charge is -2.07. The highest BCUT2D eigenvalue weighted by molar-refractivity contribution is 14.1. The molecule has 2 aromatic rings. The number of fused-ring (bicyclic) bond motifs is 1. The van der Waals surface area contributed by atoms with Gasteiger partial charge in [-0.15, -0.1) is 0 Å². The van der Waals surface area contributed by atoms with Gasteiger partial charge in [0.05, 0.1) is 6.16 Å². The Labute approximate surface area is 121 Å². The first-order valence-corrected chi connectivity index (χ1v) is 8.45. The van der Waals surface area contributed by atoms with Gasteiger partial charge in [-0.2, -0.15) is 0 Å². The van der Waals surface area contributed by atoms with Gasteiger partial charge in [-0.3, -0.25) is 4.57 Å². The first kappa shape index (κ1) is 13.5. The fourth-order valence-electron chi connectivity index (χ4n) is 1.65. The number of benzene rings is 2. The maximum absolute atomic E-state index is 10.9. The fraction of sp³-hybridized carbons (Fsp3) is 0.0909. The Bertz CT molecular complexity index is 623. The van der Waals surface area contributed by atoms with Crippen molar-refractivity contribution in [3.8, 4) is 0 Å². The normalized spacial score (nSPS) is 12.0. The highest BCUT2D eigenvalue weighted by Gasteiger charge is 2.14. The molecule has 0 atom stereocenters. The molecule has 17 heavy (non-hydrogen) atoms. The van der Waals surface area contributed by atoms with Crippen LogP contribution in [0.4, 0.5) is 0 Å². The van der Waals surface area contributed by atoms with E-state index in [1.54, 1.807) is 6.07 Å². The maximum Gasteiger partial charge on any atom is 0.329 e. The molecule has 2 N–H and O–H groups in total. The molecule has 0 saturated heterocycles. The molecule has 0 aliphatic heterocycles. The minimum absolute atomic E-state index is 0.216. The summed E-state index contributed by atoms with van der Waals surface area (Å²) in [6.45, 7) is 0. The number of hydrogen-bond donors (Lipinski definition) is 2. The van der Waals surface area contributed by atoms with Gasteiger partial charge in [0, 0.05) is 8.04 Å². The molecular weight excluding hydrogens is 418 g/mol. The summed E-state index contributed by atoms with van der Waals surface area (Å²) in [5.41, 5.74) is 0.652. The Morgan fingerprint density at radius 1 is 1.24 bits per heavy atom. The van der Waals surface area contributed by atoms with E-state index in [1.165, 1.54) is 0 Å². The molecular formula is C11H9BrIO3P. The average Bonchev–Trinajstić information content (AvgIpc) is 2.21. The van der Waals surface area contributed by atoms with Crippen molar-refractivity contribution in [2.45, 2.75) is 6.16 Å². The second-order valence-electron chi connectivity index (χ2n) is 3.74. The van der Waals surface area contributed by atoms with Gasteiger partial charge in [0.2, 0.25) is 0 Å². The van der Waals surface area contributed by atoms with Crippen molar-refractivity contribution in [2.75, 3.05) is 0 Å². The lowest BCUT2D eigenvalue weighted by molar-refractivity contribution is 0.372. The van der Waals surface area contributed by atoms with Crippen molar-refractivity contribution in [3.05, 3.63) is 43.9 Å². The smallest absolute Gasteiger partial charge is 0.324 e. The zero-order valence-corrected chi connectivity index (χ0v) is 13.2. The van der Waals surface area contributed by atoms with Crippen LogP contribution in [0, 0.1) is 3.57 Å². The lowest BCUT2D eigenvalue weighted by Crippen LogP contribution is -1.88. The predicted octanol–water partition coefficient (Wildman–Crippen LogP) is 3.88. The molecule has 0 amide bonds. The van der Waals surface area contributed by atoms with E-state index < -0.39 is 7.60 Å². The largest absolute Gasteiger partial charge is 0.329 e. The van der Waals surface area contributed by atoms with Crippen LogP contribution in [0.5, 0.6) is 0 Å². The van der Waals surface area contributed by atoms with Crippen molar-refractivity contribution >= 4 is 56.9 Å². The van der Waals surface area contributed by atoms with Gasteiger partial charge < -0.3 is 9.79 Å². The third kappa shape index (κ3) is 3.29. The van der Waals surface area contributed by atoms with E-state index in [4.69, 9.17) is 9.79 Å². The summed E-state index contributed by atoms with van der Waals surface area (Å²) >= 11 is 5.74.